The number of carbonyl (C=O) groups excluding carboxylic acids is 2. The van der Waals surface area contributed by atoms with Gasteiger partial charge in [0.15, 0.2) is 6.10 Å². The van der Waals surface area contributed by atoms with Gasteiger partial charge in [0.05, 0.1) is 15.5 Å². The van der Waals surface area contributed by atoms with Crippen molar-refractivity contribution in [3.63, 3.8) is 0 Å². The average molecular weight is 479 g/mol. The average Bonchev–Trinajstić information content (AvgIpc) is 2.82. The second kappa shape index (κ2) is 10.9. The van der Waals surface area contributed by atoms with Crippen molar-refractivity contribution in [3.8, 4) is 0 Å². The molecule has 1 atom stereocenters. The molecule has 2 aromatic carbocycles. The fourth-order valence-electron chi connectivity index (χ4n) is 3.49. The van der Waals surface area contributed by atoms with Crippen LogP contribution in [0.5, 0.6) is 0 Å². The minimum atomic E-state index is -3.74. The fourth-order valence-corrected chi connectivity index (χ4v) is 5.23. The lowest BCUT2D eigenvalue weighted by atomic mass is 10.2. The van der Waals surface area contributed by atoms with E-state index in [2.05, 4.69) is 5.32 Å². The van der Waals surface area contributed by atoms with Crippen LogP contribution in [-0.2, 0) is 26.1 Å². The largest absolute Gasteiger partial charge is 0.449 e. The third-order valence-electron chi connectivity index (χ3n) is 5.33. The molecule has 1 heterocycles. The van der Waals surface area contributed by atoms with Gasteiger partial charge in [-0.05, 0) is 43.0 Å². The van der Waals surface area contributed by atoms with E-state index in [4.69, 9.17) is 16.3 Å². The lowest BCUT2D eigenvalue weighted by Gasteiger charge is -2.26. The first-order valence-electron chi connectivity index (χ1n) is 10.6. The molecule has 1 aliphatic rings. The Kier molecular flexibility index (Phi) is 8.28. The SMILES string of the molecule is CCC(OC(=O)c1cc(S(=O)(=O)N2CCCCC2)ccc1Cl)C(=O)NCc1ccccc1. The van der Waals surface area contributed by atoms with E-state index < -0.39 is 28.0 Å². The minimum Gasteiger partial charge on any atom is -0.449 e. The quantitative estimate of drug-likeness (QED) is 0.583. The first-order valence-corrected chi connectivity index (χ1v) is 12.5. The minimum absolute atomic E-state index is 0.0164. The van der Waals surface area contributed by atoms with Crippen LogP contribution in [0.1, 0.15) is 48.5 Å². The number of benzene rings is 2. The molecule has 0 bridgehead atoms. The summed E-state index contributed by atoms with van der Waals surface area (Å²) in [4.78, 5) is 25.3. The number of piperidine rings is 1. The standard InChI is InChI=1S/C23H27ClN2O5S/c1-2-21(22(27)25-16-17-9-5-3-6-10-17)31-23(28)19-15-18(11-12-20(19)24)32(29,30)26-13-7-4-8-14-26/h3,5-6,9-12,15,21H,2,4,7-8,13-14,16H2,1H3,(H,25,27). The van der Waals surface area contributed by atoms with Crippen molar-refractivity contribution in [1.82, 2.24) is 9.62 Å². The molecule has 9 heteroatoms. The predicted octanol–water partition coefficient (Wildman–Crippen LogP) is 3.77. The van der Waals surface area contributed by atoms with Crippen LogP contribution in [0.25, 0.3) is 0 Å². The van der Waals surface area contributed by atoms with Crippen molar-refractivity contribution >= 4 is 33.5 Å². The number of nitrogens with one attached hydrogen (secondary N) is 1. The molecule has 0 aromatic heterocycles. The molecule has 1 aliphatic heterocycles. The summed E-state index contributed by atoms with van der Waals surface area (Å²) in [5.74, 6) is -1.27. The number of ether oxygens (including phenoxy) is 1. The molecule has 0 spiro atoms. The van der Waals surface area contributed by atoms with E-state index in [0.717, 1.165) is 24.8 Å². The van der Waals surface area contributed by atoms with Crippen LogP contribution in [0.4, 0.5) is 0 Å². The lowest BCUT2D eigenvalue weighted by molar-refractivity contribution is -0.130. The molecule has 0 aliphatic carbocycles. The van der Waals surface area contributed by atoms with Gasteiger partial charge in [-0.25, -0.2) is 13.2 Å². The Morgan fingerprint density at radius 3 is 2.44 bits per heavy atom. The smallest absolute Gasteiger partial charge is 0.340 e. The molecule has 1 amide bonds. The van der Waals surface area contributed by atoms with E-state index in [0.29, 0.717) is 19.6 Å². The maximum atomic E-state index is 12.9. The van der Waals surface area contributed by atoms with Gasteiger partial charge < -0.3 is 10.1 Å². The third-order valence-corrected chi connectivity index (χ3v) is 7.56. The Balaban J connectivity index is 1.71. The summed E-state index contributed by atoms with van der Waals surface area (Å²) in [6.07, 6.45) is 1.84. The van der Waals surface area contributed by atoms with E-state index in [1.165, 1.54) is 22.5 Å². The van der Waals surface area contributed by atoms with Gasteiger partial charge in [-0.2, -0.15) is 4.31 Å². The fraction of sp³-hybridized carbons (Fsp3) is 0.391. The van der Waals surface area contributed by atoms with Crippen molar-refractivity contribution in [1.29, 1.82) is 0 Å². The number of halogens is 1. The van der Waals surface area contributed by atoms with E-state index in [1.54, 1.807) is 6.92 Å². The summed E-state index contributed by atoms with van der Waals surface area (Å²) in [5.41, 5.74) is 0.833. The Morgan fingerprint density at radius 1 is 1.09 bits per heavy atom. The molecule has 32 heavy (non-hydrogen) atoms. The van der Waals surface area contributed by atoms with Gasteiger partial charge in [-0.1, -0.05) is 55.3 Å². The van der Waals surface area contributed by atoms with E-state index in [9.17, 15) is 18.0 Å². The highest BCUT2D eigenvalue weighted by molar-refractivity contribution is 7.89. The van der Waals surface area contributed by atoms with E-state index in [-0.39, 0.29) is 21.9 Å². The van der Waals surface area contributed by atoms with Gasteiger partial charge in [0.25, 0.3) is 5.91 Å². The van der Waals surface area contributed by atoms with Crippen LogP contribution in [0, 0.1) is 0 Å². The zero-order valence-electron chi connectivity index (χ0n) is 17.9. The zero-order chi connectivity index (χ0) is 23.1. The molecule has 7 nitrogen and oxygen atoms in total. The summed E-state index contributed by atoms with van der Waals surface area (Å²) in [7, 11) is -3.74. The molecule has 3 rings (SSSR count). The second-order valence-corrected chi connectivity index (χ2v) is 9.96. The summed E-state index contributed by atoms with van der Waals surface area (Å²) in [6, 6.07) is 13.3. The topological polar surface area (TPSA) is 92.8 Å². The van der Waals surface area contributed by atoms with Crippen LogP contribution < -0.4 is 5.32 Å². The van der Waals surface area contributed by atoms with Crippen molar-refractivity contribution in [2.75, 3.05) is 13.1 Å². The van der Waals surface area contributed by atoms with Crippen molar-refractivity contribution < 1.29 is 22.7 Å². The van der Waals surface area contributed by atoms with Gasteiger partial charge in [0.2, 0.25) is 10.0 Å². The number of amides is 1. The van der Waals surface area contributed by atoms with Crippen molar-refractivity contribution in [2.45, 2.75) is 50.2 Å². The number of hydrogen-bond acceptors (Lipinski definition) is 5. The first kappa shape index (κ1) is 24.2. The summed E-state index contributed by atoms with van der Waals surface area (Å²) >= 11 is 6.16. The molecule has 1 fully saturated rings. The number of carbonyl (C=O) groups is 2. The van der Waals surface area contributed by atoms with Crippen LogP contribution in [0.3, 0.4) is 0 Å². The third kappa shape index (κ3) is 5.88. The maximum absolute atomic E-state index is 12.9. The summed E-state index contributed by atoms with van der Waals surface area (Å²) in [5, 5.41) is 2.81. The second-order valence-electron chi connectivity index (χ2n) is 7.61. The Bertz CT molecular complexity index is 1050. The summed E-state index contributed by atoms with van der Waals surface area (Å²) in [6.45, 7) is 2.92. The highest BCUT2D eigenvalue weighted by atomic mass is 35.5. The molecule has 0 saturated carbocycles. The number of nitrogens with zero attached hydrogens (tertiary/aromatic N) is 1. The van der Waals surface area contributed by atoms with Crippen LogP contribution in [0.15, 0.2) is 53.4 Å². The molecule has 1 saturated heterocycles. The predicted molar refractivity (Wildman–Crippen MR) is 122 cm³/mol. The molecule has 172 valence electrons. The number of sulfonamides is 1. The highest BCUT2D eigenvalue weighted by Crippen LogP contribution is 2.26. The van der Waals surface area contributed by atoms with E-state index >= 15 is 0 Å². The molecule has 1 unspecified atom stereocenters. The number of rotatable bonds is 8. The number of esters is 1. The van der Waals surface area contributed by atoms with E-state index in [1.807, 2.05) is 30.3 Å². The molecular formula is C23H27ClN2O5S. The molecule has 0 radical (unpaired) electrons. The molecular weight excluding hydrogens is 452 g/mol. The van der Waals surface area contributed by atoms with Crippen molar-refractivity contribution in [3.05, 3.63) is 64.7 Å². The zero-order valence-corrected chi connectivity index (χ0v) is 19.5. The Labute approximate surface area is 193 Å². The normalized spacial score (nSPS) is 15.7. The molecule has 1 N–H and O–H groups in total. The van der Waals surface area contributed by atoms with Gasteiger partial charge in [-0.3, -0.25) is 4.79 Å². The van der Waals surface area contributed by atoms with Gasteiger partial charge in [0.1, 0.15) is 0 Å². The Morgan fingerprint density at radius 2 is 1.78 bits per heavy atom. The van der Waals surface area contributed by atoms with Gasteiger partial charge in [0, 0.05) is 19.6 Å². The number of hydrogen-bond donors (Lipinski definition) is 1. The van der Waals surface area contributed by atoms with Gasteiger partial charge >= 0.3 is 5.97 Å². The Hall–Kier alpha value is -2.42. The monoisotopic (exact) mass is 478 g/mol. The first-order chi connectivity index (χ1) is 15.3. The summed E-state index contributed by atoms with van der Waals surface area (Å²) < 4.78 is 32.7. The lowest BCUT2D eigenvalue weighted by Crippen LogP contribution is -2.37. The molecule has 2 aromatic rings. The van der Waals surface area contributed by atoms with Crippen LogP contribution >= 0.6 is 11.6 Å². The van der Waals surface area contributed by atoms with Crippen LogP contribution in [0.2, 0.25) is 5.02 Å². The maximum Gasteiger partial charge on any atom is 0.340 e. The van der Waals surface area contributed by atoms with Crippen molar-refractivity contribution in [2.24, 2.45) is 0 Å². The highest BCUT2D eigenvalue weighted by Gasteiger charge is 2.29. The van der Waals surface area contributed by atoms with Gasteiger partial charge in [-0.15, -0.1) is 0 Å². The van der Waals surface area contributed by atoms with Crippen LogP contribution in [-0.4, -0.2) is 43.8 Å².